The Kier molecular flexibility index (Phi) is 5.76. The van der Waals surface area contributed by atoms with E-state index >= 15 is 0 Å². The molecule has 0 aliphatic carbocycles. The van der Waals surface area contributed by atoms with Gasteiger partial charge in [-0.2, -0.15) is 0 Å². The highest BCUT2D eigenvalue weighted by Crippen LogP contribution is 2.32. The lowest BCUT2D eigenvalue weighted by Crippen LogP contribution is -2.11. The maximum atomic E-state index is 11.9. The minimum atomic E-state index is -0.552. The lowest BCUT2D eigenvalue weighted by molar-refractivity contribution is -0.385. The van der Waals surface area contributed by atoms with Crippen molar-refractivity contribution in [2.24, 2.45) is 0 Å². The molecule has 5 nitrogen and oxygen atoms in total. The molecular formula is C13H16ClNO4. The number of carbonyl (C=O) groups is 1. The minimum absolute atomic E-state index is 0.0421. The third-order valence-electron chi connectivity index (χ3n) is 2.57. The highest BCUT2D eigenvalue weighted by atomic mass is 35.5. The van der Waals surface area contributed by atoms with Gasteiger partial charge < -0.3 is 4.74 Å². The van der Waals surface area contributed by atoms with Crippen molar-refractivity contribution in [2.75, 3.05) is 6.61 Å². The molecule has 0 spiro atoms. The average Bonchev–Trinajstić information content (AvgIpc) is 2.36. The van der Waals surface area contributed by atoms with E-state index in [9.17, 15) is 14.9 Å². The number of ether oxygens (including phenoxy) is 1. The summed E-state index contributed by atoms with van der Waals surface area (Å²) in [4.78, 5) is 22.4. The van der Waals surface area contributed by atoms with Crippen molar-refractivity contribution in [1.82, 2.24) is 0 Å². The summed E-state index contributed by atoms with van der Waals surface area (Å²) < 4.78 is 5.03. The van der Waals surface area contributed by atoms with E-state index in [0.29, 0.717) is 31.4 Å². The lowest BCUT2D eigenvalue weighted by atomic mass is 10.0. The standard InChI is InChI=1S/C13H16ClNO4/c1-3-5-9-10(13(16)19-8-4-2)6-7-11(14)12(9)15(17)18/h6-7H,3-5,8H2,1-2H3. The van der Waals surface area contributed by atoms with Gasteiger partial charge in [-0.25, -0.2) is 4.79 Å². The normalized spacial score (nSPS) is 10.3. The highest BCUT2D eigenvalue weighted by molar-refractivity contribution is 6.33. The Bertz CT molecular complexity index is 488. The summed E-state index contributed by atoms with van der Waals surface area (Å²) in [6.45, 7) is 4.05. The van der Waals surface area contributed by atoms with Crippen LogP contribution in [0, 0.1) is 10.1 Å². The van der Waals surface area contributed by atoms with Crippen molar-refractivity contribution in [3.63, 3.8) is 0 Å². The van der Waals surface area contributed by atoms with Gasteiger partial charge in [0.1, 0.15) is 5.02 Å². The number of hydrogen-bond acceptors (Lipinski definition) is 4. The van der Waals surface area contributed by atoms with Crippen LogP contribution in [0.25, 0.3) is 0 Å². The van der Waals surface area contributed by atoms with Crippen LogP contribution in [-0.4, -0.2) is 17.5 Å². The largest absolute Gasteiger partial charge is 0.462 e. The summed E-state index contributed by atoms with van der Waals surface area (Å²) >= 11 is 5.85. The number of carbonyl (C=O) groups excluding carboxylic acids is 1. The molecule has 1 rings (SSSR count). The molecule has 0 aliphatic heterocycles. The number of benzene rings is 1. The Morgan fingerprint density at radius 1 is 1.37 bits per heavy atom. The average molecular weight is 286 g/mol. The molecule has 0 amide bonds. The molecule has 0 saturated carbocycles. The fourth-order valence-electron chi connectivity index (χ4n) is 1.77. The van der Waals surface area contributed by atoms with Crippen LogP contribution in [0.15, 0.2) is 12.1 Å². The lowest BCUT2D eigenvalue weighted by Gasteiger charge is -2.10. The minimum Gasteiger partial charge on any atom is -0.462 e. The van der Waals surface area contributed by atoms with E-state index in [-0.39, 0.29) is 16.3 Å². The molecule has 0 unspecified atom stereocenters. The first kappa shape index (κ1) is 15.4. The van der Waals surface area contributed by atoms with E-state index in [4.69, 9.17) is 16.3 Å². The summed E-state index contributed by atoms with van der Waals surface area (Å²) in [6, 6.07) is 2.85. The molecule has 1 aromatic rings. The van der Waals surface area contributed by atoms with E-state index in [1.807, 2.05) is 13.8 Å². The first-order chi connectivity index (χ1) is 9.02. The molecule has 0 bridgehead atoms. The molecule has 0 saturated heterocycles. The second kappa shape index (κ2) is 7.09. The molecule has 0 aromatic heterocycles. The number of hydrogen-bond donors (Lipinski definition) is 0. The quantitative estimate of drug-likeness (QED) is 0.453. The monoisotopic (exact) mass is 285 g/mol. The van der Waals surface area contributed by atoms with E-state index in [1.165, 1.54) is 12.1 Å². The van der Waals surface area contributed by atoms with Gasteiger partial charge >= 0.3 is 5.97 Å². The second-order valence-corrected chi connectivity index (χ2v) is 4.47. The number of nitrogens with zero attached hydrogens (tertiary/aromatic N) is 1. The topological polar surface area (TPSA) is 69.4 Å². The van der Waals surface area contributed by atoms with Crippen molar-refractivity contribution in [3.05, 3.63) is 38.4 Å². The Labute approximate surface area is 116 Å². The van der Waals surface area contributed by atoms with Crippen molar-refractivity contribution >= 4 is 23.3 Å². The predicted octanol–water partition coefficient (Wildman–Crippen LogP) is 3.77. The zero-order valence-corrected chi connectivity index (χ0v) is 11.7. The molecule has 0 heterocycles. The van der Waals surface area contributed by atoms with Gasteiger partial charge in [0, 0.05) is 5.56 Å². The van der Waals surface area contributed by atoms with Crippen LogP contribution < -0.4 is 0 Å². The van der Waals surface area contributed by atoms with Crippen molar-refractivity contribution in [2.45, 2.75) is 33.1 Å². The zero-order valence-electron chi connectivity index (χ0n) is 10.9. The smallest absolute Gasteiger partial charge is 0.338 e. The fraction of sp³-hybridized carbons (Fsp3) is 0.462. The first-order valence-electron chi connectivity index (χ1n) is 6.15. The first-order valence-corrected chi connectivity index (χ1v) is 6.53. The van der Waals surface area contributed by atoms with Gasteiger partial charge in [-0.05, 0) is 25.0 Å². The molecule has 0 radical (unpaired) electrons. The number of nitro benzene ring substituents is 1. The molecule has 0 atom stereocenters. The van der Waals surface area contributed by atoms with Gasteiger partial charge in [-0.3, -0.25) is 10.1 Å². The third-order valence-corrected chi connectivity index (χ3v) is 2.88. The predicted molar refractivity (Wildman–Crippen MR) is 72.7 cm³/mol. The van der Waals surface area contributed by atoms with Crippen LogP contribution in [-0.2, 0) is 11.2 Å². The van der Waals surface area contributed by atoms with Gasteiger partial charge in [0.05, 0.1) is 17.1 Å². The van der Waals surface area contributed by atoms with E-state index in [1.54, 1.807) is 0 Å². The van der Waals surface area contributed by atoms with Crippen LogP contribution in [0.5, 0.6) is 0 Å². The molecule has 0 N–H and O–H groups in total. The maximum absolute atomic E-state index is 11.9. The summed E-state index contributed by atoms with van der Waals surface area (Å²) in [5.74, 6) is -0.537. The van der Waals surface area contributed by atoms with Crippen LogP contribution in [0.3, 0.4) is 0 Å². The number of nitro groups is 1. The Balaban J connectivity index is 3.27. The van der Waals surface area contributed by atoms with Gasteiger partial charge in [0.2, 0.25) is 0 Å². The van der Waals surface area contributed by atoms with Crippen LogP contribution in [0.2, 0.25) is 5.02 Å². The Morgan fingerprint density at radius 3 is 2.58 bits per heavy atom. The zero-order chi connectivity index (χ0) is 14.4. The summed E-state index contributed by atoms with van der Waals surface area (Å²) in [5, 5.41) is 11.1. The van der Waals surface area contributed by atoms with Crippen LogP contribution >= 0.6 is 11.6 Å². The van der Waals surface area contributed by atoms with E-state index in [2.05, 4.69) is 0 Å². The molecule has 0 fully saturated rings. The summed E-state index contributed by atoms with van der Waals surface area (Å²) in [5.41, 5.74) is 0.377. The molecular weight excluding hydrogens is 270 g/mol. The van der Waals surface area contributed by atoms with Gasteiger partial charge in [-0.1, -0.05) is 31.9 Å². The molecule has 0 aliphatic rings. The fourth-order valence-corrected chi connectivity index (χ4v) is 2.02. The second-order valence-electron chi connectivity index (χ2n) is 4.07. The Hall–Kier alpha value is -1.62. The maximum Gasteiger partial charge on any atom is 0.338 e. The molecule has 104 valence electrons. The van der Waals surface area contributed by atoms with Crippen molar-refractivity contribution < 1.29 is 14.5 Å². The van der Waals surface area contributed by atoms with Gasteiger partial charge in [0.15, 0.2) is 0 Å². The van der Waals surface area contributed by atoms with Gasteiger partial charge in [0.25, 0.3) is 5.69 Å². The molecule has 19 heavy (non-hydrogen) atoms. The van der Waals surface area contributed by atoms with Crippen LogP contribution in [0.4, 0.5) is 5.69 Å². The van der Waals surface area contributed by atoms with Crippen LogP contribution in [0.1, 0.15) is 42.6 Å². The number of esters is 1. The molecule has 1 aromatic carbocycles. The third kappa shape index (κ3) is 3.67. The summed E-state index contributed by atoms with van der Waals surface area (Å²) in [7, 11) is 0. The summed E-state index contributed by atoms with van der Waals surface area (Å²) in [6.07, 6.45) is 1.78. The Morgan fingerprint density at radius 2 is 2.05 bits per heavy atom. The van der Waals surface area contributed by atoms with E-state index < -0.39 is 10.9 Å². The van der Waals surface area contributed by atoms with Crippen molar-refractivity contribution in [1.29, 1.82) is 0 Å². The SMILES string of the molecule is CCCOC(=O)c1ccc(Cl)c([N+](=O)[O-])c1CCC. The number of rotatable bonds is 6. The van der Waals surface area contributed by atoms with E-state index in [0.717, 1.165) is 0 Å². The van der Waals surface area contributed by atoms with Gasteiger partial charge in [-0.15, -0.1) is 0 Å². The highest BCUT2D eigenvalue weighted by Gasteiger charge is 2.25. The molecule has 6 heteroatoms. The number of halogens is 1. The van der Waals surface area contributed by atoms with Crippen molar-refractivity contribution in [3.8, 4) is 0 Å².